The van der Waals surface area contributed by atoms with Crippen LogP contribution in [0.25, 0.3) is 0 Å². The maximum absolute atomic E-state index is 12.0. The fourth-order valence-corrected chi connectivity index (χ4v) is 2.31. The summed E-state index contributed by atoms with van der Waals surface area (Å²) >= 11 is 0. The summed E-state index contributed by atoms with van der Waals surface area (Å²) in [5.74, 6) is 0.0234. The molecule has 16 heavy (non-hydrogen) atoms. The molecule has 1 aliphatic heterocycles. The molecule has 0 radical (unpaired) electrons. The summed E-state index contributed by atoms with van der Waals surface area (Å²) in [6, 6.07) is 5.77. The summed E-state index contributed by atoms with van der Waals surface area (Å²) < 4.78 is 0. The van der Waals surface area contributed by atoms with Gasteiger partial charge in [-0.1, -0.05) is 18.2 Å². The van der Waals surface area contributed by atoms with Crippen molar-refractivity contribution >= 4 is 11.6 Å². The molecule has 2 N–H and O–H groups in total. The van der Waals surface area contributed by atoms with Gasteiger partial charge in [0.2, 0.25) is 5.91 Å². The predicted molar refractivity (Wildman–Crippen MR) is 65.5 cm³/mol. The number of amides is 1. The lowest BCUT2D eigenvalue weighted by atomic mass is 9.98. The largest absolute Gasteiger partial charge is 0.320 e. The van der Waals surface area contributed by atoms with E-state index in [1.54, 1.807) is 6.92 Å². The third kappa shape index (κ3) is 1.83. The number of para-hydroxylation sites is 1. The molecule has 86 valence electrons. The summed E-state index contributed by atoms with van der Waals surface area (Å²) in [5.41, 5.74) is 9.19. The van der Waals surface area contributed by atoms with Crippen LogP contribution in [0.3, 0.4) is 0 Å². The number of aryl methyl sites for hydroxylation is 2. The van der Waals surface area contributed by atoms with Crippen LogP contribution in [0.15, 0.2) is 18.2 Å². The molecule has 1 atom stereocenters. The molecule has 0 fully saturated rings. The van der Waals surface area contributed by atoms with Crippen LogP contribution in [-0.4, -0.2) is 18.5 Å². The Hall–Kier alpha value is -1.35. The van der Waals surface area contributed by atoms with Gasteiger partial charge in [0.15, 0.2) is 0 Å². The average Bonchev–Trinajstić information content (AvgIpc) is 2.27. The highest BCUT2D eigenvalue weighted by Crippen LogP contribution is 2.30. The van der Waals surface area contributed by atoms with Crippen LogP contribution in [0.4, 0.5) is 5.69 Å². The van der Waals surface area contributed by atoms with Crippen molar-refractivity contribution in [1.82, 2.24) is 0 Å². The number of benzene rings is 1. The molecule has 0 spiro atoms. The van der Waals surface area contributed by atoms with E-state index in [9.17, 15) is 4.79 Å². The van der Waals surface area contributed by atoms with Crippen LogP contribution >= 0.6 is 0 Å². The number of fused-ring (bicyclic) bond motifs is 1. The zero-order chi connectivity index (χ0) is 11.7. The topological polar surface area (TPSA) is 46.3 Å². The molecule has 1 amide bonds. The van der Waals surface area contributed by atoms with Gasteiger partial charge in [0, 0.05) is 12.2 Å². The fraction of sp³-hybridized carbons (Fsp3) is 0.462. The number of carbonyl (C=O) groups excluding carboxylic acids is 1. The van der Waals surface area contributed by atoms with E-state index >= 15 is 0 Å². The number of carbonyl (C=O) groups is 1. The normalized spacial score (nSPS) is 16.8. The molecule has 0 saturated carbocycles. The summed E-state index contributed by atoms with van der Waals surface area (Å²) in [4.78, 5) is 13.9. The van der Waals surface area contributed by atoms with Gasteiger partial charge in [-0.15, -0.1) is 0 Å². The van der Waals surface area contributed by atoms with E-state index in [2.05, 4.69) is 6.07 Å². The van der Waals surface area contributed by atoms with Gasteiger partial charge < -0.3 is 10.6 Å². The Labute approximate surface area is 96.2 Å². The maximum Gasteiger partial charge on any atom is 0.243 e. The third-order valence-corrected chi connectivity index (χ3v) is 3.07. The number of rotatable bonds is 1. The molecular formula is C13H18N2O. The SMILES string of the molecule is Cc1cccc2c1N(C(=O)C(C)N)CCC2. The lowest BCUT2D eigenvalue weighted by Crippen LogP contribution is -2.44. The van der Waals surface area contributed by atoms with Crippen molar-refractivity contribution in [2.24, 2.45) is 5.73 Å². The van der Waals surface area contributed by atoms with Crippen molar-refractivity contribution in [3.63, 3.8) is 0 Å². The minimum absolute atomic E-state index is 0.0234. The molecule has 1 unspecified atom stereocenters. The quantitative estimate of drug-likeness (QED) is 0.778. The molecule has 3 heteroatoms. The Kier molecular flexibility index (Phi) is 2.97. The van der Waals surface area contributed by atoms with Gasteiger partial charge in [-0.2, -0.15) is 0 Å². The summed E-state index contributed by atoms with van der Waals surface area (Å²) in [6.45, 7) is 4.58. The van der Waals surface area contributed by atoms with Gasteiger partial charge in [0.1, 0.15) is 0 Å². The second-order valence-electron chi connectivity index (χ2n) is 4.46. The average molecular weight is 218 g/mol. The number of hydrogen-bond acceptors (Lipinski definition) is 2. The van der Waals surface area contributed by atoms with Crippen LogP contribution in [0.1, 0.15) is 24.5 Å². The van der Waals surface area contributed by atoms with Crippen LogP contribution in [0.5, 0.6) is 0 Å². The zero-order valence-corrected chi connectivity index (χ0v) is 9.86. The molecule has 3 nitrogen and oxygen atoms in total. The first-order chi connectivity index (χ1) is 7.61. The molecule has 0 aliphatic carbocycles. The van der Waals surface area contributed by atoms with Crippen molar-refractivity contribution in [1.29, 1.82) is 0 Å². The monoisotopic (exact) mass is 218 g/mol. The maximum atomic E-state index is 12.0. The zero-order valence-electron chi connectivity index (χ0n) is 9.86. The van der Waals surface area contributed by atoms with Gasteiger partial charge in [-0.05, 0) is 37.8 Å². The standard InChI is InChI=1S/C13H18N2O/c1-9-5-3-6-11-7-4-8-15(12(9)11)13(16)10(2)14/h3,5-6,10H,4,7-8,14H2,1-2H3. The Balaban J connectivity index is 2.43. The molecule has 1 aromatic rings. The van der Waals surface area contributed by atoms with Gasteiger partial charge in [-0.3, -0.25) is 4.79 Å². The van der Waals surface area contributed by atoms with Crippen LogP contribution in [-0.2, 0) is 11.2 Å². The van der Waals surface area contributed by atoms with Gasteiger partial charge in [-0.25, -0.2) is 0 Å². The smallest absolute Gasteiger partial charge is 0.243 e. The highest BCUT2D eigenvalue weighted by molar-refractivity contribution is 5.98. The third-order valence-electron chi connectivity index (χ3n) is 3.07. The molecule has 0 bridgehead atoms. The van der Waals surface area contributed by atoms with E-state index in [0.717, 1.165) is 30.6 Å². The summed E-state index contributed by atoms with van der Waals surface area (Å²) in [5, 5.41) is 0. The van der Waals surface area contributed by atoms with Crippen molar-refractivity contribution in [3.05, 3.63) is 29.3 Å². The first-order valence-electron chi connectivity index (χ1n) is 5.76. The van der Waals surface area contributed by atoms with Crippen LogP contribution in [0, 0.1) is 6.92 Å². The van der Waals surface area contributed by atoms with Gasteiger partial charge >= 0.3 is 0 Å². The summed E-state index contributed by atoms with van der Waals surface area (Å²) in [6.07, 6.45) is 2.08. The van der Waals surface area contributed by atoms with E-state index in [0.29, 0.717) is 0 Å². The highest BCUT2D eigenvalue weighted by Gasteiger charge is 2.25. The van der Waals surface area contributed by atoms with Crippen molar-refractivity contribution in [3.8, 4) is 0 Å². The van der Waals surface area contributed by atoms with E-state index in [4.69, 9.17) is 5.73 Å². The van der Waals surface area contributed by atoms with Crippen molar-refractivity contribution in [2.75, 3.05) is 11.4 Å². The van der Waals surface area contributed by atoms with E-state index in [1.807, 2.05) is 24.0 Å². The Bertz CT molecular complexity index is 412. The van der Waals surface area contributed by atoms with E-state index in [-0.39, 0.29) is 5.91 Å². The second-order valence-corrected chi connectivity index (χ2v) is 4.46. The fourth-order valence-electron chi connectivity index (χ4n) is 2.31. The van der Waals surface area contributed by atoms with Gasteiger partial charge in [0.25, 0.3) is 0 Å². The first kappa shape index (κ1) is 11.1. The minimum atomic E-state index is -0.425. The molecule has 0 saturated heterocycles. The Morgan fingerprint density at radius 2 is 2.25 bits per heavy atom. The van der Waals surface area contributed by atoms with Gasteiger partial charge in [0.05, 0.1) is 6.04 Å². The number of nitrogens with two attached hydrogens (primary N) is 1. The van der Waals surface area contributed by atoms with E-state index < -0.39 is 6.04 Å². The first-order valence-corrected chi connectivity index (χ1v) is 5.76. The molecule has 1 aromatic carbocycles. The molecule has 0 aromatic heterocycles. The molecule has 1 aliphatic rings. The van der Waals surface area contributed by atoms with E-state index in [1.165, 1.54) is 5.56 Å². The molecule has 2 rings (SSSR count). The number of hydrogen-bond donors (Lipinski definition) is 1. The predicted octanol–water partition coefficient (Wildman–Crippen LogP) is 1.62. The molecule has 1 heterocycles. The molecular weight excluding hydrogens is 200 g/mol. The van der Waals surface area contributed by atoms with Crippen molar-refractivity contribution in [2.45, 2.75) is 32.7 Å². The Morgan fingerprint density at radius 1 is 1.50 bits per heavy atom. The highest BCUT2D eigenvalue weighted by atomic mass is 16.2. The van der Waals surface area contributed by atoms with Crippen LogP contribution < -0.4 is 10.6 Å². The second kappa shape index (κ2) is 4.26. The van der Waals surface area contributed by atoms with Crippen LogP contribution in [0.2, 0.25) is 0 Å². The summed E-state index contributed by atoms with van der Waals surface area (Å²) in [7, 11) is 0. The Morgan fingerprint density at radius 3 is 2.94 bits per heavy atom. The lowest BCUT2D eigenvalue weighted by Gasteiger charge is -2.32. The van der Waals surface area contributed by atoms with Crippen molar-refractivity contribution < 1.29 is 4.79 Å². The lowest BCUT2D eigenvalue weighted by molar-refractivity contribution is -0.119. The number of anilines is 1. The minimum Gasteiger partial charge on any atom is -0.320 e. The number of nitrogens with zero attached hydrogens (tertiary/aromatic N) is 1.